The van der Waals surface area contributed by atoms with Crippen LogP contribution in [0.2, 0.25) is 0 Å². The molecule has 24 heavy (non-hydrogen) atoms. The summed E-state index contributed by atoms with van der Waals surface area (Å²) in [4.78, 5) is 29.7. The lowest BCUT2D eigenvalue weighted by atomic mass is 10.1. The van der Waals surface area contributed by atoms with Crippen LogP contribution in [0.5, 0.6) is 0 Å². The minimum atomic E-state index is -0.340. The molecule has 0 atom stereocenters. The first-order valence-electron chi connectivity index (χ1n) is 7.39. The van der Waals surface area contributed by atoms with Gasteiger partial charge in [-0.2, -0.15) is 0 Å². The number of nitrogens with one attached hydrogen (secondary N) is 1. The Morgan fingerprint density at radius 3 is 2.79 bits per heavy atom. The van der Waals surface area contributed by atoms with Crippen LogP contribution in [0.15, 0.2) is 39.7 Å². The molecular weight excluding hydrogens is 324 g/mol. The zero-order chi connectivity index (χ0) is 17.3. The number of rotatable bonds is 3. The second-order valence-corrected chi connectivity index (χ2v) is 6.71. The van der Waals surface area contributed by atoms with Gasteiger partial charge in [0.05, 0.1) is 16.6 Å². The standard InChI is InChI=1S/C18H16N2O3S/c1-10-4-6-15-14(8-10)17(22)13(9-23-15)5-7-16(21)20-18-19-11(2)12(3)24-18/h4-9H,1-3H3,(H,19,20,21)/b7-5+. The molecule has 1 N–H and O–H groups in total. The Labute approximate surface area is 142 Å². The predicted molar refractivity (Wildman–Crippen MR) is 96.5 cm³/mol. The normalized spacial score (nSPS) is 11.3. The van der Waals surface area contributed by atoms with E-state index in [0.29, 0.717) is 21.7 Å². The lowest BCUT2D eigenvalue weighted by Gasteiger charge is -2.00. The maximum atomic E-state index is 12.4. The summed E-state index contributed by atoms with van der Waals surface area (Å²) in [6.07, 6.45) is 4.12. The van der Waals surface area contributed by atoms with Gasteiger partial charge in [0, 0.05) is 11.0 Å². The molecule has 0 fully saturated rings. The van der Waals surface area contributed by atoms with Crippen molar-refractivity contribution >= 4 is 39.4 Å². The third-order valence-electron chi connectivity index (χ3n) is 3.63. The number of anilines is 1. The van der Waals surface area contributed by atoms with Crippen molar-refractivity contribution in [2.24, 2.45) is 0 Å². The van der Waals surface area contributed by atoms with Crippen LogP contribution in [0.4, 0.5) is 5.13 Å². The van der Waals surface area contributed by atoms with Crippen LogP contribution in [0, 0.1) is 20.8 Å². The van der Waals surface area contributed by atoms with Crippen LogP contribution in [0.25, 0.3) is 17.0 Å². The number of fused-ring (bicyclic) bond motifs is 1. The van der Waals surface area contributed by atoms with Crippen molar-refractivity contribution in [3.8, 4) is 0 Å². The molecule has 0 saturated carbocycles. The fourth-order valence-electron chi connectivity index (χ4n) is 2.21. The predicted octanol–water partition coefficient (Wildman–Crippen LogP) is 3.83. The Kier molecular flexibility index (Phi) is 4.31. The summed E-state index contributed by atoms with van der Waals surface area (Å²) in [5.74, 6) is -0.340. The van der Waals surface area contributed by atoms with Gasteiger partial charge >= 0.3 is 0 Å². The number of aromatic nitrogens is 1. The minimum Gasteiger partial charge on any atom is -0.463 e. The highest BCUT2D eigenvalue weighted by atomic mass is 32.1. The van der Waals surface area contributed by atoms with E-state index in [1.54, 1.807) is 12.1 Å². The van der Waals surface area contributed by atoms with Gasteiger partial charge in [-0.05, 0) is 39.0 Å². The smallest absolute Gasteiger partial charge is 0.250 e. The lowest BCUT2D eigenvalue weighted by Crippen LogP contribution is -2.09. The van der Waals surface area contributed by atoms with E-state index in [-0.39, 0.29) is 11.3 Å². The zero-order valence-corrected chi connectivity index (χ0v) is 14.4. The molecule has 2 heterocycles. The molecule has 0 aliphatic heterocycles. The van der Waals surface area contributed by atoms with E-state index in [2.05, 4.69) is 10.3 Å². The number of aryl methyl sites for hydroxylation is 3. The summed E-state index contributed by atoms with van der Waals surface area (Å²) < 4.78 is 5.46. The lowest BCUT2D eigenvalue weighted by molar-refractivity contribution is -0.111. The molecule has 3 aromatic rings. The Balaban J connectivity index is 1.83. The molecule has 0 aliphatic rings. The van der Waals surface area contributed by atoms with Crippen molar-refractivity contribution in [3.05, 3.63) is 62.5 Å². The van der Waals surface area contributed by atoms with Gasteiger partial charge in [-0.25, -0.2) is 4.98 Å². The maximum Gasteiger partial charge on any atom is 0.250 e. The summed E-state index contributed by atoms with van der Waals surface area (Å²) >= 11 is 1.41. The van der Waals surface area contributed by atoms with E-state index >= 15 is 0 Å². The summed E-state index contributed by atoms with van der Waals surface area (Å²) in [6, 6.07) is 5.42. The van der Waals surface area contributed by atoms with Crippen molar-refractivity contribution < 1.29 is 9.21 Å². The van der Waals surface area contributed by atoms with Gasteiger partial charge in [-0.1, -0.05) is 11.6 Å². The number of nitrogens with zero attached hydrogens (tertiary/aromatic N) is 1. The molecule has 5 nitrogen and oxygen atoms in total. The average Bonchev–Trinajstić information content (AvgIpc) is 2.85. The molecule has 1 amide bonds. The first kappa shape index (κ1) is 16.1. The molecule has 1 aromatic carbocycles. The van der Waals surface area contributed by atoms with Gasteiger partial charge in [0.2, 0.25) is 5.91 Å². The van der Waals surface area contributed by atoms with E-state index in [1.807, 2.05) is 26.8 Å². The van der Waals surface area contributed by atoms with Crippen molar-refractivity contribution in [1.29, 1.82) is 0 Å². The third-order valence-corrected chi connectivity index (χ3v) is 4.62. The summed E-state index contributed by atoms with van der Waals surface area (Å²) in [6.45, 7) is 5.74. The molecule has 6 heteroatoms. The molecule has 3 rings (SSSR count). The largest absolute Gasteiger partial charge is 0.463 e. The van der Waals surface area contributed by atoms with E-state index in [9.17, 15) is 9.59 Å². The summed E-state index contributed by atoms with van der Waals surface area (Å²) in [7, 11) is 0. The molecule has 0 aliphatic carbocycles. The maximum absolute atomic E-state index is 12.4. The molecule has 2 aromatic heterocycles. The van der Waals surface area contributed by atoms with Crippen LogP contribution in [0.3, 0.4) is 0 Å². The van der Waals surface area contributed by atoms with Crippen LogP contribution < -0.4 is 10.7 Å². The quantitative estimate of drug-likeness (QED) is 0.736. The first-order chi connectivity index (χ1) is 11.4. The Bertz CT molecular complexity index is 995. The fourth-order valence-corrected chi connectivity index (χ4v) is 3.03. The summed E-state index contributed by atoms with van der Waals surface area (Å²) in [5.41, 5.74) is 2.56. The Morgan fingerprint density at radius 1 is 1.29 bits per heavy atom. The molecule has 122 valence electrons. The average molecular weight is 340 g/mol. The van der Waals surface area contributed by atoms with Gasteiger partial charge < -0.3 is 4.42 Å². The zero-order valence-electron chi connectivity index (χ0n) is 13.5. The number of amides is 1. The second kappa shape index (κ2) is 6.41. The number of carbonyl (C=O) groups excluding carboxylic acids is 1. The molecule has 0 bridgehead atoms. The number of hydrogen-bond donors (Lipinski definition) is 1. The van der Waals surface area contributed by atoms with Crippen LogP contribution in [-0.2, 0) is 4.79 Å². The van der Waals surface area contributed by atoms with Gasteiger partial charge in [-0.3, -0.25) is 14.9 Å². The SMILES string of the molecule is Cc1ccc2occ(/C=C/C(=O)Nc3nc(C)c(C)s3)c(=O)c2c1. The van der Waals surface area contributed by atoms with Crippen molar-refractivity contribution in [3.63, 3.8) is 0 Å². The van der Waals surface area contributed by atoms with Crippen molar-refractivity contribution in [1.82, 2.24) is 4.98 Å². The van der Waals surface area contributed by atoms with E-state index in [0.717, 1.165) is 16.1 Å². The van der Waals surface area contributed by atoms with Crippen molar-refractivity contribution in [2.75, 3.05) is 5.32 Å². The first-order valence-corrected chi connectivity index (χ1v) is 8.21. The van der Waals surface area contributed by atoms with Crippen LogP contribution in [0.1, 0.15) is 21.7 Å². The third kappa shape index (κ3) is 3.28. The topological polar surface area (TPSA) is 72.2 Å². The van der Waals surface area contributed by atoms with E-state index < -0.39 is 0 Å². The minimum absolute atomic E-state index is 0.162. The molecular formula is C18H16N2O3S. The molecule has 0 spiro atoms. The highest BCUT2D eigenvalue weighted by Gasteiger charge is 2.07. The molecule has 0 saturated heterocycles. The fraction of sp³-hybridized carbons (Fsp3) is 0.167. The van der Waals surface area contributed by atoms with Gasteiger partial charge in [0.1, 0.15) is 11.8 Å². The Morgan fingerprint density at radius 2 is 2.08 bits per heavy atom. The second-order valence-electron chi connectivity index (χ2n) is 5.50. The summed E-state index contributed by atoms with van der Waals surface area (Å²) in [5, 5.41) is 3.73. The van der Waals surface area contributed by atoms with Gasteiger partial charge in [-0.15, -0.1) is 11.3 Å². The van der Waals surface area contributed by atoms with Crippen LogP contribution in [-0.4, -0.2) is 10.9 Å². The van der Waals surface area contributed by atoms with E-state index in [1.165, 1.54) is 29.8 Å². The number of hydrogen-bond acceptors (Lipinski definition) is 5. The monoisotopic (exact) mass is 340 g/mol. The number of thiazole rings is 1. The van der Waals surface area contributed by atoms with Gasteiger partial charge in [0.25, 0.3) is 0 Å². The highest BCUT2D eigenvalue weighted by molar-refractivity contribution is 7.15. The van der Waals surface area contributed by atoms with Gasteiger partial charge in [0.15, 0.2) is 10.6 Å². The molecule has 0 radical (unpaired) electrons. The van der Waals surface area contributed by atoms with Crippen molar-refractivity contribution in [2.45, 2.75) is 20.8 Å². The number of benzene rings is 1. The van der Waals surface area contributed by atoms with Crippen LogP contribution >= 0.6 is 11.3 Å². The highest BCUT2D eigenvalue weighted by Crippen LogP contribution is 2.21. The molecule has 0 unspecified atom stereocenters. The number of carbonyl (C=O) groups is 1. The Hall–Kier alpha value is -2.73. The van der Waals surface area contributed by atoms with E-state index in [4.69, 9.17) is 4.42 Å².